The van der Waals surface area contributed by atoms with Crippen molar-refractivity contribution in [2.75, 3.05) is 46.6 Å². The molecule has 2 fully saturated rings. The van der Waals surface area contributed by atoms with E-state index in [1.165, 1.54) is 0 Å². The third-order valence-electron chi connectivity index (χ3n) is 4.53. The summed E-state index contributed by atoms with van der Waals surface area (Å²) in [5.41, 5.74) is 0.713. The maximum Gasteiger partial charge on any atom is 0.294 e. The number of imide groups is 1. The molecule has 0 N–H and O–H groups in total. The van der Waals surface area contributed by atoms with E-state index in [-0.39, 0.29) is 17.4 Å². The van der Waals surface area contributed by atoms with Crippen molar-refractivity contribution in [1.82, 2.24) is 9.80 Å². The van der Waals surface area contributed by atoms with E-state index in [1.807, 2.05) is 13.0 Å². The lowest BCUT2D eigenvalue weighted by atomic mass is 10.2. The summed E-state index contributed by atoms with van der Waals surface area (Å²) < 4.78 is 17.3. The molecule has 8 nitrogen and oxygen atoms in total. The Balaban J connectivity index is 1.76. The molecule has 2 saturated heterocycles. The van der Waals surface area contributed by atoms with Gasteiger partial charge in [-0.05, 0) is 64.5 Å². The molecule has 0 bridgehead atoms. The molecule has 162 valence electrons. The number of methoxy groups -OCH3 is 1. The van der Waals surface area contributed by atoms with E-state index in [1.54, 1.807) is 24.2 Å². The van der Waals surface area contributed by atoms with Crippen molar-refractivity contribution in [3.8, 4) is 11.5 Å². The minimum atomic E-state index is -0.466. The molecule has 2 aliphatic heterocycles. The zero-order chi connectivity index (χ0) is 21.7. The fraction of sp³-hybridized carbons (Fsp3) is 0.450. The molecule has 30 heavy (non-hydrogen) atoms. The van der Waals surface area contributed by atoms with Crippen LogP contribution in [0.2, 0.25) is 0 Å². The second-order valence-corrected chi connectivity index (χ2v) is 8.80. The summed E-state index contributed by atoms with van der Waals surface area (Å²) in [6.07, 6.45) is 2.51. The molecule has 3 rings (SSSR count). The molecule has 0 aromatic heterocycles. The molecule has 10 heteroatoms. The first-order valence-corrected chi connectivity index (χ1v) is 11.4. The molecule has 2 heterocycles. The van der Waals surface area contributed by atoms with Crippen LogP contribution in [0.5, 0.6) is 11.5 Å². The maximum absolute atomic E-state index is 12.7. The van der Waals surface area contributed by atoms with Crippen LogP contribution in [0.15, 0.2) is 17.0 Å². The van der Waals surface area contributed by atoms with Crippen LogP contribution in [0.4, 0.5) is 4.79 Å². The molecule has 3 amide bonds. The van der Waals surface area contributed by atoms with Crippen LogP contribution in [-0.4, -0.2) is 73.4 Å². The largest absolute Gasteiger partial charge is 0.493 e. The van der Waals surface area contributed by atoms with Gasteiger partial charge < -0.3 is 19.1 Å². The molecule has 2 aliphatic rings. The highest BCUT2D eigenvalue weighted by molar-refractivity contribution is 14.1. The van der Waals surface area contributed by atoms with Gasteiger partial charge in [-0.25, -0.2) is 0 Å². The normalized spacial score (nSPS) is 18.3. The number of halogens is 1. The van der Waals surface area contributed by atoms with Gasteiger partial charge in [0, 0.05) is 13.1 Å². The third kappa shape index (κ3) is 5.27. The van der Waals surface area contributed by atoms with Crippen molar-refractivity contribution < 1.29 is 28.6 Å². The van der Waals surface area contributed by atoms with Crippen molar-refractivity contribution in [1.29, 1.82) is 0 Å². The predicted molar refractivity (Wildman–Crippen MR) is 122 cm³/mol. The van der Waals surface area contributed by atoms with E-state index < -0.39 is 11.1 Å². The Labute approximate surface area is 193 Å². The van der Waals surface area contributed by atoms with Gasteiger partial charge in [0.2, 0.25) is 5.91 Å². The fourth-order valence-corrected chi connectivity index (χ4v) is 4.62. The van der Waals surface area contributed by atoms with Crippen molar-refractivity contribution in [2.45, 2.75) is 13.3 Å². The van der Waals surface area contributed by atoms with Crippen LogP contribution >= 0.6 is 34.4 Å². The Bertz CT molecular complexity index is 869. The number of ether oxygens (including phenoxy) is 3. The quantitative estimate of drug-likeness (QED) is 0.384. The minimum Gasteiger partial charge on any atom is -0.493 e. The highest BCUT2D eigenvalue weighted by Gasteiger charge is 2.37. The lowest BCUT2D eigenvalue weighted by Gasteiger charge is -2.28. The monoisotopic (exact) mass is 546 g/mol. The van der Waals surface area contributed by atoms with Gasteiger partial charge in [0.15, 0.2) is 11.5 Å². The van der Waals surface area contributed by atoms with E-state index >= 15 is 0 Å². The van der Waals surface area contributed by atoms with E-state index in [9.17, 15) is 14.4 Å². The van der Waals surface area contributed by atoms with Crippen molar-refractivity contribution in [3.63, 3.8) is 0 Å². The highest BCUT2D eigenvalue weighted by Crippen LogP contribution is 2.37. The number of amides is 3. The van der Waals surface area contributed by atoms with Gasteiger partial charge in [0.05, 0.1) is 35.4 Å². The lowest BCUT2D eigenvalue weighted by Crippen LogP contribution is -2.46. The molecule has 0 spiro atoms. The van der Waals surface area contributed by atoms with Crippen molar-refractivity contribution in [2.24, 2.45) is 0 Å². The number of nitrogens with zero attached hydrogens (tertiary/aromatic N) is 2. The lowest BCUT2D eigenvalue weighted by molar-refractivity contribution is -0.139. The molecular formula is C20H23IN2O6S. The van der Waals surface area contributed by atoms with Gasteiger partial charge in [-0.2, -0.15) is 0 Å². The fourth-order valence-electron chi connectivity index (χ4n) is 3.00. The summed E-state index contributed by atoms with van der Waals surface area (Å²) >= 11 is 2.98. The molecule has 0 unspecified atom stereocenters. The standard InChI is InChI=1S/C20H23IN2O6S/c1-3-6-29-18-14(21)9-13(10-15(18)27-2)11-16-19(25)23(20(26)30-16)12-17(24)22-4-7-28-8-5-22/h9-11H,3-8,12H2,1-2H3/b16-11-. The number of carbonyl (C=O) groups is 3. The highest BCUT2D eigenvalue weighted by atomic mass is 127. The number of benzene rings is 1. The second kappa shape index (κ2) is 10.5. The van der Waals surface area contributed by atoms with Crippen LogP contribution in [0.3, 0.4) is 0 Å². The molecular weight excluding hydrogens is 523 g/mol. The Morgan fingerprint density at radius 3 is 2.70 bits per heavy atom. The average Bonchev–Trinajstić information content (AvgIpc) is 3.00. The molecule has 0 aliphatic carbocycles. The van der Waals surface area contributed by atoms with Crippen molar-refractivity contribution in [3.05, 3.63) is 26.2 Å². The molecule has 1 aromatic carbocycles. The first kappa shape index (κ1) is 22.9. The topological polar surface area (TPSA) is 85.4 Å². The van der Waals surface area contributed by atoms with Gasteiger partial charge in [-0.15, -0.1) is 0 Å². The van der Waals surface area contributed by atoms with E-state index in [2.05, 4.69) is 22.6 Å². The van der Waals surface area contributed by atoms with E-state index in [0.29, 0.717) is 50.0 Å². The Hall–Kier alpha value is -1.79. The SMILES string of the molecule is CCCOc1c(I)cc(/C=C2\SC(=O)N(CC(=O)N3CCOCC3)C2=O)cc1OC. The van der Waals surface area contributed by atoms with Crippen molar-refractivity contribution >= 4 is 57.5 Å². The summed E-state index contributed by atoms with van der Waals surface area (Å²) in [6.45, 7) is 4.20. The molecule has 0 saturated carbocycles. The van der Waals surface area contributed by atoms with E-state index in [0.717, 1.165) is 26.7 Å². The Kier molecular flexibility index (Phi) is 8.00. The number of hydrogen-bond donors (Lipinski definition) is 0. The van der Waals surface area contributed by atoms with Gasteiger partial charge in [0.25, 0.3) is 11.1 Å². The van der Waals surface area contributed by atoms with Crippen LogP contribution in [0.1, 0.15) is 18.9 Å². The summed E-state index contributed by atoms with van der Waals surface area (Å²) in [5.74, 6) is 0.493. The van der Waals surface area contributed by atoms with Crippen LogP contribution in [0, 0.1) is 3.57 Å². The third-order valence-corrected chi connectivity index (χ3v) is 6.24. The molecule has 0 atom stereocenters. The van der Waals surface area contributed by atoms with Gasteiger partial charge in [-0.3, -0.25) is 19.3 Å². The zero-order valence-corrected chi connectivity index (χ0v) is 19.8. The van der Waals surface area contributed by atoms with Crippen LogP contribution < -0.4 is 9.47 Å². The van der Waals surface area contributed by atoms with E-state index in [4.69, 9.17) is 14.2 Å². The number of hydrogen-bond acceptors (Lipinski definition) is 7. The summed E-state index contributed by atoms with van der Waals surface area (Å²) in [6, 6.07) is 3.63. The van der Waals surface area contributed by atoms with Gasteiger partial charge >= 0.3 is 0 Å². The predicted octanol–water partition coefficient (Wildman–Crippen LogP) is 2.98. The maximum atomic E-state index is 12.7. The van der Waals surface area contributed by atoms with Crippen LogP contribution in [-0.2, 0) is 14.3 Å². The number of morpholine rings is 1. The smallest absolute Gasteiger partial charge is 0.294 e. The Morgan fingerprint density at radius 2 is 2.03 bits per heavy atom. The summed E-state index contributed by atoms with van der Waals surface area (Å²) in [4.78, 5) is 40.4. The average molecular weight is 546 g/mol. The molecule has 0 radical (unpaired) electrons. The van der Waals surface area contributed by atoms with Gasteiger partial charge in [-0.1, -0.05) is 6.92 Å². The number of carbonyl (C=O) groups excluding carboxylic acids is 3. The first-order chi connectivity index (χ1) is 14.4. The summed E-state index contributed by atoms with van der Waals surface area (Å²) in [5, 5.41) is -0.447. The second-order valence-electron chi connectivity index (χ2n) is 6.64. The summed E-state index contributed by atoms with van der Waals surface area (Å²) in [7, 11) is 1.55. The van der Waals surface area contributed by atoms with Crippen LogP contribution in [0.25, 0.3) is 6.08 Å². The van der Waals surface area contributed by atoms with Gasteiger partial charge in [0.1, 0.15) is 6.54 Å². The zero-order valence-electron chi connectivity index (χ0n) is 16.8. The Morgan fingerprint density at radius 1 is 1.30 bits per heavy atom. The minimum absolute atomic E-state index is 0.254. The molecule has 1 aromatic rings. The number of thioether (sulfide) groups is 1. The first-order valence-electron chi connectivity index (χ1n) is 9.55. The number of rotatable bonds is 7.